The van der Waals surface area contributed by atoms with E-state index in [-0.39, 0.29) is 12.2 Å². The Morgan fingerprint density at radius 1 is 1.20 bits per heavy atom. The maximum Gasteiger partial charge on any atom is 0.277 e. The van der Waals surface area contributed by atoms with Gasteiger partial charge in [0.05, 0.1) is 16.1 Å². The first kappa shape index (κ1) is 24.2. The van der Waals surface area contributed by atoms with E-state index in [2.05, 4.69) is 54.8 Å². The minimum absolute atomic E-state index is 0.0578. The average molecular weight is 430 g/mol. The Morgan fingerprint density at radius 3 is 2.53 bits per heavy atom. The second-order valence-electron chi connectivity index (χ2n) is 7.68. The standard InChI is InChI=1S/C22H29N3O2S.C2H6/c1-15(2)12-19-18-14-25(13-17-9-6-5-8-16(17)3)22(28-11-7-10-26)20(18)21(27)24(4)23-19;1-2/h5-6,8-9,14-15,26H,7,10-13H2,1-4H3;1-2H3. The van der Waals surface area contributed by atoms with Gasteiger partial charge in [-0.3, -0.25) is 4.79 Å². The molecule has 0 unspecified atom stereocenters. The molecule has 164 valence electrons. The van der Waals surface area contributed by atoms with Crippen LogP contribution >= 0.6 is 11.8 Å². The van der Waals surface area contributed by atoms with E-state index in [1.54, 1.807) is 18.8 Å². The molecule has 1 aromatic carbocycles. The van der Waals surface area contributed by atoms with Crippen LogP contribution in [0, 0.1) is 12.8 Å². The van der Waals surface area contributed by atoms with Gasteiger partial charge in [-0.15, -0.1) is 11.8 Å². The first-order valence-electron chi connectivity index (χ1n) is 10.8. The number of benzene rings is 1. The topological polar surface area (TPSA) is 60.0 Å². The van der Waals surface area contributed by atoms with E-state index in [1.165, 1.54) is 15.8 Å². The summed E-state index contributed by atoms with van der Waals surface area (Å²) in [5, 5.41) is 16.4. The largest absolute Gasteiger partial charge is 0.396 e. The van der Waals surface area contributed by atoms with Crippen molar-refractivity contribution in [3.8, 4) is 0 Å². The van der Waals surface area contributed by atoms with Crippen molar-refractivity contribution in [3.63, 3.8) is 0 Å². The first-order chi connectivity index (χ1) is 14.4. The van der Waals surface area contributed by atoms with Crippen LogP contribution < -0.4 is 5.56 Å². The summed E-state index contributed by atoms with van der Waals surface area (Å²) in [5.41, 5.74) is 3.39. The summed E-state index contributed by atoms with van der Waals surface area (Å²) in [4.78, 5) is 13.0. The number of hydrogen-bond acceptors (Lipinski definition) is 4. The Labute approximate surface area is 184 Å². The van der Waals surface area contributed by atoms with Crippen molar-refractivity contribution in [1.29, 1.82) is 0 Å². The molecule has 1 N–H and O–H groups in total. The number of hydrogen-bond donors (Lipinski definition) is 1. The second-order valence-corrected chi connectivity index (χ2v) is 8.76. The first-order valence-corrected chi connectivity index (χ1v) is 11.8. The number of nitrogens with zero attached hydrogens (tertiary/aromatic N) is 3. The number of aliphatic hydroxyl groups is 1. The molecule has 0 saturated heterocycles. The molecular formula is C24H35N3O2S. The number of aliphatic hydroxyl groups excluding tert-OH is 1. The van der Waals surface area contributed by atoms with Crippen molar-refractivity contribution in [2.45, 2.75) is 59.0 Å². The zero-order chi connectivity index (χ0) is 22.3. The third kappa shape index (κ3) is 5.55. The van der Waals surface area contributed by atoms with Gasteiger partial charge in [-0.2, -0.15) is 5.10 Å². The lowest BCUT2D eigenvalue weighted by atomic mass is 10.1. The van der Waals surface area contributed by atoms with E-state index in [9.17, 15) is 9.90 Å². The van der Waals surface area contributed by atoms with Crippen molar-refractivity contribution in [2.75, 3.05) is 12.4 Å². The smallest absolute Gasteiger partial charge is 0.277 e. The zero-order valence-corrected chi connectivity index (χ0v) is 19.9. The van der Waals surface area contributed by atoms with Gasteiger partial charge in [0, 0.05) is 37.5 Å². The van der Waals surface area contributed by atoms with E-state index in [0.717, 1.165) is 33.7 Å². The summed E-state index contributed by atoms with van der Waals surface area (Å²) in [7, 11) is 1.73. The van der Waals surface area contributed by atoms with Crippen molar-refractivity contribution in [2.24, 2.45) is 13.0 Å². The van der Waals surface area contributed by atoms with Crippen LogP contribution in [0.2, 0.25) is 0 Å². The fourth-order valence-electron chi connectivity index (χ4n) is 3.42. The van der Waals surface area contributed by atoms with E-state index in [4.69, 9.17) is 0 Å². The van der Waals surface area contributed by atoms with Crippen LogP contribution in [0.25, 0.3) is 10.8 Å². The Hall–Kier alpha value is -2.05. The van der Waals surface area contributed by atoms with Crippen molar-refractivity contribution < 1.29 is 5.11 Å². The molecule has 0 fully saturated rings. The quantitative estimate of drug-likeness (QED) is 0.413. The number of aryl methyl sites for hydroxylation is 2. The summed E-state index contributed by atoms with van der Waals surface area (Å²) in [6.07, 6.45) is 3.63. The monoisotopic (exact) mass is 429 g/mol. The molecule has 3 rings (SSSR count). The van der Waals surface area contributed by atoms with Crippen molar-refractivity contribution in [3.05, 3.63) is 57.6 Å². The molecule has 0 aliphatic heterocycles. The van der Waals surface area contributed by atoms with Crippen LogP contribution in [0.1, 0.15) is 50.9 Å². The predicted octanol–water partition coefficient (Wildman–Crippen LogP) is 4.79. The zero-order valence-electron chi connectivity index (χ0n) is 19.1. The van der Waals surface area contributed by atoms with Crippen molar-refractivity contribution >= 4 is 22.5 Å². The highest BCUT2D eigenvalue weighted by Gasteiger charge is 2.19. The molecule has 0 spiro atoms. The fraction of sp³-hybridized carbons (Fsp3) is 0.500. The number of aromatic nitrogens is 3. The summed E-state index contributed by atoms with van der Waals surface area (Å²) >= 11 is 1.65. The SMILES string of the molecule is CC.Cc1ccccc1Cn1cc2c(CC(C)C)nn(C)c(=O)c2c1SCCCO. The van der Waals surface area contributed by atoms with E-state index < -0.39 is 0 Å². The highest BCUT2D eigenvalue weighted by molar-refractivity contribution is 7.99. The van der Waals surface area contributed by atoms with Crippen LogP contribution in [0.3, 0.4) is 0 Å². The van der Waals surface area contributed by atoms with Crippen LogP contribution in [0.5, 0.6) is 0 Å². The molecule has 0 atom stereocenters. The number of thioether (sulfide) groups is 1. The molecule has 2 heterocycles. The lowest BCUT2D eigenvalue weighted by Gasteiger charge is -2.11. The minimum Gasteiger partial charge on any atom is -0.396 e. The minimum atomic E-state index is -0.0578. The molecule has 0 amide bonds. The fourth-order valence-corrected chi connectivity index (χ4v) is 4.51. The van der Waals surface area contributed by atoms with Gasteiger partial charge < -0.3 is 9.67 Å². The molecule has 5 nitrogen and oxygen atoms in total. The number of fused-ring (bicyclic) bond motifs is 1. The van der Waals surface area contributed by atoms with Gasteiger partial charge in [-0.25, -0.2) is 4.68 Å². The van der Waals surface area contributed by atoms with Gasteiger partial charge in [-0.1, -0.05) is 52.0 Å². The maximum absolute atomic E-state index is 13.0. The second kappa shape index (κ2) is 11.4. The Kier molecular flexibility index (Phi) is 9.18. The third-order valence-electron chi connectivity index (χ3n) is 4.86. The molecule has 3 aromatic rings. The van der Waals surface area contributed by atoms with Gasteiger partial charge in [-0.05, 0) is 36.8 Å². The van der Waals surface area contributed by atoms with E-state index >= 15 is 0 Å². The molecule has 0 aliphatic carbocycles. The van der Waals surface area contributed by atoms with Crippen LogP contribution in [-0.4, -0.2) is 31.8 Å². The summed E-state index contributed by atoms with van der Waals surface area (Å²) in [5.74, 6) is 1.23. The normalized spacial score (nSPS) is 11.1. The molecular weight excluding hydrogens is 394 g/mol. The Morgan fingerprint density at radius 2 is 1.90 bits per heavy atom. The van der Waals surface area contributed by atoms with Gasteiger partial charge >= 0.3 is 0 Å². The van der Waals surface area contributed by atoms with Gasteiger partial charge in [0.25, 0.3) is 5.56 Å². The highest BCUT2D eigenvalue weighted by Crippen LogP contribution is 2.31. The molecule has 6 heteroatoms. The number of rotatable bonds is 8. The average Bonchev–Trinajstić information content (AvgIpc) is 3.08. The lowest BCUT2D eigenvalue weighted by Crippen LogP contribution is -2.22. The van der Waals surface area contributed by atoms with E-state index in [0.29, 0.717) is 18.9 Å². The molecule has 30 heavy (non-hydrogen) atoms. The third-order valence-corrected chi connectivity index (χ3v) is 6.07. The summed E-state index contributed by atoms with van der Waals surface area (Å²) in [6, 6.07) is 8.34. The molecule has 0 radical (unpaired) electrons. The predicted molar refractivity (Wildman–Crippen MR) is 128 cm³/mol. The van der Waals surface area contributed by atoms with Gasteiger partial charge in [0.2, 0.25) is 0 Å². The van der Waals surface area contributed by atoms with Crippen molar-refractivity contribution in [1.82, 2.24) is 14.3 Å². The maximum atomic E-state index is 13.0. The Balaban J connectivity index is 0.00000155. The van der Waals surface area contributed by atoms with E-state index in [1.807, 2.05) is 19.9 Å². The van der Waals surface area contributed by atoms with Crippen LogP contribution in [0.4, 0.5) is 0 Å². The van der Waals surface area contributed by atoms with Crippen LogP contribution in [0.15, 0.2) is 40.3 Å². The van der Waals surface area contributed by atoms with Gasteiger partial charge in [0.1, 0.15) is 0 Å². The summed E-state index contributed by atoms with van der Waals surface area (Å²) in [6.45, 7) is 11.3. The molecule has 0 saturated carbocycles. The molecule has 0 aliphatic rings. The highest BCUT2D eigenvalue weighted by atomic mass is 32.2. The van der Waals surface area contributed by atoms with Gasteiger partial charge in [0.15, 0.2) is 0 Å². The lowest BCUT2D eigenvalue weighted by molar-refractivity contribution is 0.296. The van der Waals surface area contributed by atoms with Crippen LogP contribution in [-0.2, 0) is 20.0 Å². The molecule has 0 bridgehead atoms. The Bertz CT molecular complexity index is 1020. The molecule has 2 aromatic heterocycles. The summed E-state index contributed by atoms with van der Waals surface area (Å²) < 4.78 is 3.65.